The van der Waals surface area contributed by atoms with E-state index >= 15 is 0 Å². The normalized spacial score (nSPS) is 23.4. The maximum absolute atomic E-state index is 10.1. The number of hydrogen-bond acceptors (Lipinski definition) is 3. The summed E-state index contributed by atoms with van der Waals surface area (Å²) in [6.07, 6.45) is 7.23. The molecular weight excluding hydrogens is 226 g/mol. The predicted octanol–water partition coefficient (Wildman–Crippen LogP) is 2.26. The molecule has 0 saturated carbocycles. The van der Waals surface area contributed by atoms with Crippen molar-refractivity contribution in [3.8, 4) is 0 Å². The predicted molar refractivity (Wildman–Crippen MR) is 72.7 cm³/mol. The van der Waals surface area contributed by atoms with E-state index in [-0.39, 0.29) is 12.1 Å². The van der Waals surface area contributed by atoms with Gasteiger partial charge in [0, 0.05) is 12.8 Å². The number of aliphatic hydroxyl groups excluding tert-OH is 2. The van der Waals surface area contributed by atoms with Gasteiger partial charge in [-0.2, -0.15) is 0 Å². The Morgan fingerprint density at radius 2 is 1.94 bits per heavy atom. The van der Waals surface area contributed by atoms with E-state index in [1.54, 1.807) is 6.21 Å². The average Bonchev–Trinajstić information content (AvgIpc) is 2.87. The summed E-state index contributed by atoms with van der Waals surface area (Å²) < 4.78 is 0. The maximum atomic E-state index is 10.1. The number of allylic oxidation sites excluding steroid dienone is 1. The van der Waals surface area contributed by atoms with Gasteiger partial charge in [-0.3, -0.25) is 4.99 Å². The summed E-state index contributed by atoms with van der Waals surface area (Å²) in [5, 5.41) is 19.2. The van der Waals surface area contributed by atoms with E-state index in [9.17, 15) is 5.11 Å². The largest absolute Gasteiger partial charge is 0.396 e. The van der Waals surface area contributed by atoms with Crippen LogP contribution in [0.15, 0.2) is 47.5 Å². The number of nitrogens with zero attached hydrogens (tertiary/aromatic N) is 1. The Kier molecular flexibility index (Phi) is 4.28. The summed E-state index contributed by atoms with van der Waals surface area (Å²) in [5.41, 5.74) is 0.618. The molecule has 0 fully saturated rings. The Morgan fingerprint density at radius 1 is 1.17 bits per heavy atom. The minimum absolute atomic E-state index is 0.114. The Bertz CT molecular complexity index is 413. The van der Waals surface area contributed by atoms with Crippen molar-refractivity contribution in [2.75, 3.05) is 6.61 Å². The lowest BCUT2D eigenvalue weighted by Gasteiger charge is -2.24. The van der Waals surface area contributed by atoms with Crippen LogP contribution >= 0.6 is 0 Å². The molecule has 1 heterocycles. The summed E-state index contributed by atoms with van der Waals surface area (Å²) >= 11 is 0. The van der Waals surface area contributed by atoms with Gasteiger partial charge in [0.1, 0.15) is 0 Å². The van der Waals surface area contributed by atoms with Crippen molar-refractivity contribution in [2.45, 2.75) is 30.9 Å². The van der Waals surface area contributed by atoms with Gasteiger partial charge < -0.3 is 10.2 Å². The number of hydrogen-bond donors (Lipinski definition) is 2. The molecule has 2 rings (SSSR count). The topological polar surface area (TPSA) is 52.8 Å². The van der Waals surface area contributed by atoms with Gasteiger partial charge in [0.15, 0.2) is 0 Å². The smallest absolute Gasteiger partial charge is 0.0814 e. The number of rotatable bonds is 6. The highest BCUT2D eigenvalue weighted by Gasteiger charge is 2.28. The second-order valence-corrected chi connectivity index (χ2v) is 4.68. The van der Waals surface area contributed by atoms with Crippen molar-refractivity contribution in [2.24, 2.45) is 4.99 Å². The zero-order valence-electron chi connectivity index (χ0n) is 10.4. The summed E-state index contributed by atoms with van der Waals surface area (Å²) in [7, 11) is 0. The molecule has 1 aromatic carbocycles. The summed E-state index contributed by atoms with van der Waals surface area (Å²) in [6.45, 7) is 0.114. The molecular formula is C15H19NO2. The molecule has 0 radical (unpaired) electrons. The molecule has 1 aliphatic heterocycles. The Labute approximate surface area is 108 Å². The van der Waals surface area contributed by atoms with Crippen molar-refractivity contribution in [3.05, 3.63) is 48.0 Å². The molecule has 96 valence electrons. The van der Waals surface area contributed by atoms with Crippen LogP contribution in [0.2, 0.25) is 0 Å². The lowest BCUT2D eigenvalue weighted by molar-refractivity contribution is 0.152. The van der Waals surface area contributed by atoms with E-state index in [1.807, 2.05) is 42.5 Å². The van der Waals surface area contributed by atoms with E-state index in [2.05, 4.69) is 4.99 Å². The van der Waals surface area contributed by atoms with E-state index in [0.29, 0.717) is 12.8 Å². The molecule has 3 heteroatoms. The van der Waals surface area contributed by atoms with Crippen LogP contribution in [-0.2, 0) is 0 Å². The van der Waals surface area contributed by atoms with Crippen LogP contribution in [-0.4, -0.2) is 28.6 Å². The van der Waals surface area contributed by atoms with Crippen LogP contribution in [0.5, 0.6) is 0 Å². The molecule has 0 amide bonds. The van der Waals surface area contributed by atoms with Gasteiger partial charge in [0.2, 0.25) is 0 Å². The van der Waals surface area contributed by atoms with Crippen LogP contribution in [0, 0.1) is 0 Å². The molecule has 3 nitrogen and oxygen atoms in total. The van der Waals surface area contributed by atoms with E-state index in [0.717, 1.165) is 12.0 Å². The molecule has 2 unspecified atom stereocenters. The first-order valence-electron chi connectivity index (χ1n) is 6.33. The number of aliphatic imine (C=N–C) groups is 1. The van der Waals surface area contributed by atoms with Gasteiger partial charge in [-0.25, -0.2) is 0 Å². The van der Waals surface area contributed by atoms with Gasteiger partial charge in [0.25, 0.3) is 0 Å². The zero-order valence-corrected chi connectivity index (χ0v) is 10.4. The molecule has 0 spiro atoms. The first kappa shape index (κ1) is 13.0. The minimum Gasteiger partial charge on any atom is -0.396 e. The van der Waals surface area contributed by atoms with E-state index < -0.39 is 6.10 Å². The Morgan fingerprint density at radius 3 is 2.56 bits per heavy atom. The monoisotopic (exact) mass is 245 g/mol. The molecule has 0 aliphatic carbocycles. The molecule has 0 bridgehead atoms. The van der Waals surface area contributed by atoms with Crippen molar-refractivity contribution < 1.29 is 10.2 Å². The van der Waals surface area contributed by atoms with Crippen molar-refractivity contribution >= 4 is 6.21 Å². The van der Waals surface area contributed by atoms with Crippen molar-refractivity contribution in [1.29, 1.82) is 0 Å². The first-order valence-corrected chi connectivity index (χ1v) is 6.33. The lowest BCUT2D eigenvalue weighted by Crippen LogP contribution is -2.24. The quantitative estimate of drug-likeness (QED) is 0.807. The maximum Gasteiger partial charge on any atom is 0.0814 e. The Balaban J connectivity index is 1.94. The van der Waals surface area contributed by atoms with Gasteiger partial charge in [0.05, 0.1) is 11.6 Å². The third-order valence-electron chi connectivity index (χ3n) is 3.40. The van der Waals surface area contributed by atoms with Gasteiger partial charge in [-0.05, 0) is 30.9 Å². The highest BCUT2D eigenvalue weighted by Crippen LogP contribution is 2.30. The van der Waals surface area contributed by atoms with Gasteiger partial charge in [-0.1, -0.05) is 36.4 Å². The third-order valence-corrected chi connectivity index (χ3v) is 3.40. The second kappa shape index (κ2) is 5.94. The van der Waals surface area contributed by atoms with Crippen molar-refractivity contribution in [3.63, 3.8) is 0 Å². The molecule has 18 heavy (non-hydrogen) atoms. The summed E-state index contributed by atoms with van der Waals surface area (Å²) in [6, 6.07) is 9.65. The zero-order chi connectivity index (χ0) is 12.8. The highest BCUT2D eigenvalue weighted by molar-refractivity contribution is 5.75. The Hall–Kier alpha value is -1.45. The van der Waals surface area contributed by atoms with E-state index in [1.165, 1.54) is 0 Å². The van der Waals surface area contributed by atoms with Crippen LogP contribution in [0.1, 0.15) is 30.9 Å². The number of benzene rings is 1. The summed E-state index contributed by atoms with van der Waals surface area (Å²) in [4.78, 5) is 4.42. The molecule has 2 N–H and O–H groups in total. The van der Waals surface area contributed by atoms with Crippen LogP contribution in [0.4, 0.5) is 0 Å². The molecule has 0 saturated heterocycles. The molecule has 2 atom stereocenters. The molecule has 1 aromatic rings. The average molecular weight is 245 g/mol. The van der Waals surface area contributed by atoms with Crippen LogP contribution in [0.3, 0.4) is 0 Å². The summed E-state index contributed by atoms with van der Waals surface area (Å²) in [5.74, 6) is 0. The standard InChI is InChI=1S/C15H19NO2/c17-12-10-15(8-4-11-16-15)9-7-14(18)13-5-2-1-3-6-13/h1-6,8,11,14,17-18H,7,9-10,12H2. The first-order chi connectivity index (χ1) is 8.76. The third kappa shape index (κ3) is 3.06. The van der Waals surface area contributed by atoms with Gasteiger partial charge >= 0.3 is 0 Å². The lowest BCUT2D eigenvalue weighted by atomic mass is 9.89. The van der Waals surface area contributed by atoms with Gasteiger partial charge in [-0.15, -0.1) is 0 Å². The SMILES string of the molecule is OCCC1(CCC(O)c2ccccc2)C=CC=N1. The van der Waals surface area contributed by atoms with Crippen LogP contribution < -0.4 is 0 Å². The fraction of sp³-hybridized carbons (Fsp3) is 0.400. The van der Waals surface area contributed by atoms with Crippen molar-refractivity contribution in [1.82, 2.24) is 0 Å². The molecule has 1 aliphatic rings. The highest BCUT2D eigenvalue weighted by atomic mass is 16.3. The minimum atomic E-state index is -0.467. The molecule has 0 aromatic heterocycles. The van der Waals surface area contributed by atoms with E-state index in [4.69, 9.17) is 5.11 Å². The number of aliphatic hydroxyl groups is 2. The second-order valence-electron chi connectivity index (χ2n) is 4.68. The fourth-order valence-electron chi connectivity index (χ4n) is 2.30. The fourth-order valence-corrected chi connectivity index (χ4v) is 2.30. The van der Waals surface area contributed by atoms with Crippen LogP contribution in [0.25, 0.3) is 0 Å².